The topological polar surface area (TPSA) is 83.1 Å². The van der Waals surface area contributed by atoms with Gasteiger partial charge < -0.3 is 15.0 Å². The first-order valence-corrected chi connectivity index (χ1v) is 10.8. The number of aromatic nitrogens is 3. The van der Waals surface area contributed by atoms with Gasteiger partial charge in [0.1, 0.15) is 11.4 Å². The number of aromatic amines is 1. The molecule has 7 nitrogen and oxygen atoms in total. The summed E-state index contributed by atoms with van der Waals surface area (Å²) in [6.07, 6.45) is 3.61. The molecule has 3 heterocycles. The van der Waals surface area contributed by atoms with Crippen molar-refractivity contribution < 1.29 is 9.53 Å². The van der Waals surface area contributed by atoms with Crippen LogP contribution >= 0.6 is 0 Å². The van der Waals surface area contributed by atoms with E-state index in [1.54, 1.807) is 13.3 Å². The molecule has 1 saturated heterocycles. The fraction of sp³-hybridized carbons (Fsp3) is 0.240. The quantitative estimate of drug-likeness (QED) is 0.502. The van der Waals surface area contributed by atoms with Crippen molar-refractivity contribution in [2.45, 2.75) is 18.9 Å². The smallest absolute Gasteiger partial charge is 0.270 e. The minimum absolute atomic E-state index is 0.0400. The molecule has 1 amide bonds. The molecule has 0 bridgehead atoms. The highest BCUT2D eigenvalue weighted by molar-refractivity contribution is 6.05. The number of carbonyl (C=O) groups excluding carboxylic acids is 1. The number of hydrogen-bond acceptors (Lipinski definition) is 5. The van der Waals surface area contributed by atoms with Crippen molar-refractivity contribution in [3.63, 3.8) is 0 Å². The van der Waals surface area contributed by atoms with E-state index in [0.717, 1.165) is 53.0 Å². The molecule has 1 aliphatic heterocycles. The Kier molecular flexibility index (Phi) is 5.46. The van der Waals surface area contributed by atoms with E-state index in [0.29, 0.717) is 12.2 Å². The highest BCUT2D eigenvalue weighted by Gasteiger charge is 2.24. The third-order valence-electron chi connectivity index (χ3n) is 5.93. The van der Waals surface area contributed by atoms with Gasteiger partial charge in [0.05, 0.1) is 12.8 Å². The number of hydrogen-bond donors (Lipinski definition) is 2. The van der Waals surface area contributed by atoms with Gasteiger partial charge in [0.2, 0.25) is 0 Å². The standard InChI is InChI=1S/C25H25N5O2/c1-32-20-10-8-18(9-11-20)22-15-23(29-28-22)30-14-4-6-19(16-30)27-25(31)24-21-7-3-2-5-17(21)12-13-26-24/h2-3,5,7-13,15,19H,4,6,14,16H2,1H3,(H,27,31)(H,28,29)/t19-/m0/s1. The molecule has 2 N–H and O–H groups in total. The molecule has 5 rings (SSSR count). The summed E-state index contributed by atoms with van der Waals surface area (Å²) < 4.78 is 5.23. The second-order valence-electron chi connectivity index (χ2n) is 8.01. The Morgan fingerprint density at radius 1 is 1.16 bits per heavy atom. The number of fused-ring (bicyclic) bond motifs is 1. The zero-order valence-electron chi connectivity index (χ0n) is 17.9. The van der Waals surface area contributed by atoms with Gasteiger partial charge in [-0.25, -0.2) is 0 Å². The summed E-state index contributed by atoms with van der Waals surface area (Å²) in [6.45, 7) is 1.62. The van der Waals surface area contributed by atoms with E-state index in [9.17, 15) is 4.79 Å². The van der Waals surface area contributed by atoms with Gasteiger partial charge in [-0.3, -0.25) is 14.9 Å². The van der Waals surface area contributed by atoms with Crippen LogP contribution in [0.5, 0.6) is 5.75 Å². The molecule has 0 saturated carbocycles. The summed E-state index contributed by atoms with van der Waals surface area (Å²) in [6, 6.07) is 19.7. The first-order chi connectivity index (χ1) is 15.7. The molecule has 1 fully saturated rings. The van der Waals surface area contributed by atoms with E-state index in [1.807, 2.05) is 54.6 Å². The Labute approximate surface area is 186 Å². The second kappa shape index (κ2) is 8.70. The first-order valence-electron chi connectivity index (χ1n) is 10.8. The third kappa shape index (κ3) is 4.01. The summed E-state index contributed by atoms with van der Waals surface area (Å²) in [5.41, 5.74) is 2.48. The maximum absolute atomic E-state index is 13.0. The Hall–Kier alpha value is -3.87. The van der Waals surface area contributed by atoms with E-state index in [-0.39, 0.29) is 11.9 Å². The molecule has 0 unspecified atom stereocenters. The number of nitrogens with one attached hydrogen (secondary N) is 2. The number of amides is 1. The lowest BCUT2D eigenvalue weighted by atomic mass is 10.0. The number of rotatable bonds is 5. The number of ether oxygens (including phenoxy) is 1. The maximum atomic E-state index is 13.0. The van der Waals surface area contributed by atoms with E-state index < -0.39 is 0 Å². The average Bonchev–Trinajstić information content (AvgIpc) is 3.34. The second-order valence-corrected chi connectivity index (χ2v) is 8.01. The van der Waals surface area contributed by atoms with Crippen molar-refractivity contribution in [3.8, 4) is 17.0 Å². The number of pyridine rings is 1. The number of piperidine rings is 1. The number of H-pyrrole nitrogens is 1. The van der Waals surface area contributed by atoms with Crippen molar-refractivity contribution in [1.82, 2.24) is 20.5 Å². The minimum atomic E-state index is -0.130. The lowest BCUT2D eigenvalue weighted by molar-refractivity contribution is 0.0930. The number of benzene rings is 2. The van der Waals surface area contributed by atoms with E-state index in [2.05, 4.69) is 31.5 Å². The molecular weight excluding hydrogens is 402 g/mol. The molecule has 0 radical (unpaired) electrons. The Balaban J connectivity index is 1.28. The Morgan fingerprint density at radius 3 is 2.84 bits per heavy atom. The van der Waals surface area contributed by atoms with Gasteiger partial charge in [-0.15, -0.1) is 0 Å². The predicted octanol–water partition coefficient (Wildman–Crippen LogP) is 4.03. The highest BCUT2D eigenvalue weighted by Crippen LogP contribution is 2.26. The van der Waals surface area contributed by atoms with Gasteiger partial charge in [0.15, 0.2) is 5.82 Å². The van der Waals surface area contributed by atoms with Crippen molar-refractivity contribution in [1.29, 1.82) is 0 Å². The van der Waals surface area contributed by atoms with Crippen LogP contribution in [-0.4, -0.2) is 47.3 Å². The zero-order valence-corrected chi connectivity index (χ0v) is 17.9. The predicted molar refractivity (Wildman–Crippen MR) is 125 cm³/mol. The molecule has 1 aliphatic rings. The van der Waals surface area contributed by atoms with Gasteiger partial charge in [-0.05, 0) is 54.1 Å². The van der Waals surface area contributed by atoms with Crippen LogP contribution in [0.15, 0.2) is 66.9 Å². The van der Waals surface area contributed by atoms with Gasteiger partial charge >= 0.3 is 0 Å². The molecule has 32 heavy (non-hydrogen) atoms. The minimum Gasteiger partial charge on any atom is -0.497 e. The number of anilines is 1. The van der Waals surface area contributed by atoms with E-state index in [1.165, 1.54) is 0 Å². The Bertz CT molecular complexity index is 1230. The molecular formula is C25H25N5O2. The number of methoxy groups -OCH3 is 1. The first kappa shape index (κ1) is 20.1. The summed E-state index contributed by atoms with van der Waals surface area (Å²) in [5.74, 6) is 1.58. The van der Waals surface area contributed by atoms with Crippen LogP contribution in [0.25, 0.3) is 22.0 Å². The molecule has 162 valence electrons. The van der Waals surface area contributed by atoms with Crippen molar-refractivity contribution in [3.05, 3.63) is 72.6 Å². The van der Waals surface area contributed by atoms with Gasteiger partial charge in [0.25, 0.3) is 5.91 Å². The van der Waals surface area contributed by atoms with Crippen LogP contribution in [0.4, 0.5) is 5.82 Å². The van der Waals surface area contributed by atoms with Crippen LogP contribution in [0.2, 0.25) is 0 Å². The van der Waals surface area contributed by atoms with E-state index in [4.69, 9.17) is 4.74 Å². The molecule has 0 spiro atoms. The summed E-state index contributed by atoms with van der Waals surface area (Å²) >= 11 is 0. The van der Waals surface area contributed by atoms with Crippen LogP contribution in [0.3, 0.4) is 0 Å². The summed E-state index contributed by atoms with van der Waals surface area (Å²) in [4.78, 5) is 19.6. The molecule has 1 atom stereocenters. The summed E-state index contributed by atoms with van der Waals surface area (Å²) in [5, 5.41) is 12.7. The van der Waals surface area contributed by atoms with Crippen LogP contribution in [0.1, 0.15) is 23.3 Å². The van der Waals surface area contributed by atoms with Crippen LogP contribution in [-0.2, 0) is 0 Å². The third-order valence-corrected chi connectivity index (χ3v) is 5.93. The lowest BCUT2D eigenvalue weighted by Crippen LogP contribution is -2.48. The molecule has 2 aromatic heterocycles. The van der Waals surface area contributed by atoms with Gasteiger partial charge in [-0.1, -0.05) is 24.3 Å². The van der Waals surface area contributed by atoms with Crippen LogP contribution in [0, 0.1) is 0 Å². The number of nitrogens with zero attached hydrogens (tertiary/aromatic N) is 3. The maximum Gasteiger partial charge on any atom is 0.270 e. The van der Waals surface area contributed by atoms with Crippen molar-refractivity contribution in [2.75, 3.05) is 25.1 Å². The fourth-order valence-electron chi connectivity index (χ4n) is 4.25. The number of carbonyl (C=O) groups is 1. The lowest BCUT2D eigenvalue weighted by Gasteiger charge is -2.33. The normalized spacial score (nSPS) is 16.2. The monoisotopic (exact) mass is 427 g/mol. The summed E-state index contributed by atoms with van der Waals surface area (Å²) in [7, 11) is 1.66. The largest absolute Gasteiger partial charge is 0.497 e. The van der Waals surface area contributed by atoms with Crippen LogP contribution < -0.4 is 15.0 Å². The SMILES string of the molecule is COc1ccc(-c2cc(N3CCC[C@H](NC(=O)c4nccc5ccccc45)C3)n[nH]2)cc1. The molecule has 2 aromatic carbocycles. The van der Waals surface area contributed by atoms with Gasteiger partial charge in [-0.2, -0.15) is 5.10 Å². The average molecular weight is 428 g/mol. The molecule has 0 aliphatic carbocycles. The molecule has 4 aromatic rings. The van der Waals surface area contributed by atoms with Crippen molar-refractivity contribution in [2.24, 2.45) is 0 Å². The van der Waals surface area contributed by atoms with Gasteiger partial charge in [0, 0.05) is 36.8 Å². The Morgan fingerprint density at radius 2 is 2.00 bits per heavy atom. The fourth-order valence-corrected chi connectivity index (χ4v) is 4.25. The molecule has 7 heteroatoms. The highest BCUT2D eigenvalue weighted by atomic mass is 16.5. The van der Waals surface area contributed by atoms with E-state index >= 15 is 0 Å². The van der Waals surface area contributed by atoms with Crippen molar-refractivity contribution >= 4 is 22.5 Å². The zero-order chi connectivity index (χ0) is 21.9.